The topological polar surface area (TPSA) is 152 Å². The van der Waals surface area contributed by atoms with Crippen molar-refractivity contribution < 1.29 is 37.2 Å². The Hall–Kier alpha value is -4.96. The van der Waals surface area contributed by atoms with Crippen LogP contribution < -0.4 is 19.8 Å². The van der Waals surface area contributed by atoms with E-state index in [1.807, 2.05) is 12.1 Å². The fourth-order valence-corrected chi connectivity index (χ4v) is 11.1. The Morgan fingerprint density at radius 3 is 2.38 bits per heavy atom. The second-order valence-electron chi connectivity index (χ2n) is 12.7. The summed E-state index contributed by atoms with van der Waals surface area (Å²) in [6.07, 6.45) is -3.87. The number of nitro groups is 1. The van der Waals surface area contributed by atoms with Gasteiger partial charge in [-0.25, -0.2) is 0 Å². The lowest BCUT2D eigenvalue weighted by molar-refractivity contribution is -0.384. The van der Waals surface area contributed by atoms with Crippen molar-refractivity contribution in [3.05, 3.63) is 109 Å². The molecule has 2 N–H and O–H groups in total. The van der Waals surface area contributed by atoms with Crippen molar-refractivity contribution in [2.24, 2.45) is 29.6 Å². The molecule has 3 heterocycles. The maximum absolute atomic E-state index is 13.9. The molecule has 0 spiro atoms. The number of thioether (sulfide) groups is 1. The number of ether oxygens (including phenoxy) is 1. The number of benzene rings is 3. The van der Waals surface area contributed by atoms with E-state index in [9.17, 15) is 42.5 Å². The van der Waals surface area contributed by atoms with Crippen molar-refractivity contribution in [2.45, 2.75) is 28.8 Å². The molecule has 11 nitrogen and oxygen atoms in total. The summed E-state index contributed by atoms with van der Waals surface area (Å²) in [5.41, 5.74) is 0.122. The minimum Gasteiger partial charge on any atom is -0.484 e. The average Bonchev–Trinajstić information content (AvgIpc) is 3.82. The number of thiazole rings is 1. The van der Waals surface area contributed by atoms with Crippen LogP contribution in [0, 0.1) is 39.7 Å². The second-order valence-corrected chi connectivity index (χ2v) is 14.9. The second kappa shape index (κ2) is 11.8. The summed E-state index contributed by atoms with van der Waals surface area (Å²) < 4.78 is 44.7. The zero-order chi connectivity index (χ0) is 35.1. The lowest BCUT2D eigenvalue weighted by Crippen LogP contribution is -2.42. The van der Waals surface area contributed by atoms with Crippen molar-refractivity contribution in [1.29, 1.82) is 0 Å². The first-order chi connectivity index (χ1) is 23.9. The number of amides is 3. The van der Waals surface area contributed by atoms with E-state index < -0.39 is 41.0 Å². The van der Waals surface area contributed by atoms with E-state index in [4.69, 9.17) is 4.74 Å². The average molecular weight is 723 g/mol. The van der Waals surface area contributed by atoms with Crippen LogP contribution in [-0.2, 0) is 20.6 Å². The van der Waals surface area contributed by atoms with Crippen LogP contribution in [0.5, 0.6) is 5.75 Å². The largest absolute Gasteiger partial charge is 0.484 e. The fraction of sp³-hybridized carbons (Fsp3) is 0.294. The number of imide groups is 1. The number of H-pyrrole nitrogens is 1. The van der Waals surface area contributed by atoms with Crippen LogP contribution in [0.15, 0.2) is 82.6 Å². The van der Waals surface area contributed by atoms with Crippen LogP contribution in [0.1, 0.15) is 28.3 Å². The van der Waals surface area contributed by atoms with Gasteiger partial charge >= 0.3 is 11.0 Å². The predicted octanol–water partition coefficient (Wildman–Crippen LogP) is 6.06. The van der Waals surface area contributed by atoms with Gasteiger partial charge in [0.05, 0.1) is 33.0 Å². The zero-order valence-corrected chi connectivity index (χ0v) is 27.2. The molecule has 2 aliphatic heterocycles. The summed E-state index contributed by atoms with van der Waals surface area (Å²) >= 11 is 2.66. The molecule has 3 amide bonds. The number of nitrogens with one attached hydrogen (secondary N) is 2. The van der Waals surface area contributed by atoms with E-state index in [1.165, 1.54) is 41.3 Å². The molecule has 4 aliphatic rings. The summed E-state index contributed by atoms with van der Waals surface area (Å²) in [5.74, 6) is -2.58. The van der Waals surface area contributed by atoms with Crippen molar-refractivity contribution in [3.63, 3.8) is 0 Å². The van der Waals surface area contributed by atoms with Gasteiger partial charge in [-0.05, 0) is 72.2 Å². The molecular formula is C34H25F3N4O7S2. The lowest BCUT2D eigenvalue weighted by Gasteiger charge is -2.43. The number of aromatic nitrogens is 1. The Kier molecular flexibility index (Phi) is 7.63. The number of halogens is 3. The predicted molar refractivity (Wildman–Crippen MR) is 176 cm³/mol. The number of nitrogens with zero attached hydrogens (tertiary/aromatic N) is 2. The number of fused-ring (bicyclic) bond motifs is 9. The van der Waals surface area contributed by atoms with Crippen LogP contribution >= 0.6 is 23.1 Å². The van der Waals surface area contributed by atoms with Crippen molar-refractivity contribution in [2.75, 3.05) is 16.8 Å². The molecule has 8 rings (SSSR count). The molecule has 3 aromatic carbocycles. The normalized spacial score (nSPS) is 26.4. The molecule has 2 bridgehead atoms. The van der Waals surface area contributed by atoms with Gasteiger partial charge in [0.1, 0.15) is 5.75 Å². The molecule has 16 heteroatoms. The standard InChI is InChI=1S/C34H25F3N4O7S2/c35-34(36,37)16-2-1-3-17(12-16)38-23(42)14-48-20-10-4-15(5-11-20)24-25-21-13-22(28(25)49-30-29(24)50-33(45)39-30)27-26(21)31(43)40(32(27)44)18-6-8-19(9-7-18)41(46)47/h1-12,21-22,24-28H,13-14H2,(H,38,42)(H,39,45)/t21-,22-,24-,25?,26?,27?,28?/m1/s1. The zero-order valence-electron chi connectivity index (χ0n) is 25.6. The Balaban J connectivity index is 1.02. The quantitative estimate of drug-likeness (QED) is 0.133. The fourth-order valence-electron chi connectivity index (χ4n) is 8.26. The minimum atomic E-state index is -4.55. The van der Waals surface area contributed by atoms with E-state index >= 15 is 0 Å². The first kappa shape index (κ1) is 32.3. The number of non-ortho nitro benzene ring substituents is 1. The van der Waals surface area contributed by atoms with Gasteiger partial charge in [-0.1, -0.05) is 29.5 Å². The third kappa shape index (κ3) is 5.28. The monoisotopic (exact) mass is 722 g/mol. The maximum atomic E-state index is 13.9. The number of aromatic amines is 1. The third-order valence-corrected chi connectivity index (χ3v) is 12.7. The first-order valence-corrected chi connectivity index (χ1v) is 17.3. The van der Waals surface area contributed by atoms with Crippen LogP contribution in [0.25, 0.3) is 0 Å². The number of hydrogen-bond donors (Lipinski definition) is 2. The van der Waals surface area contributed by atoms with E-state index in [1.54, 1.807) is 23.9 Å². The van der Waals surface area contributed by atoms with Crippen molar-refractivity contribution in [3.8, 4) is 5.75 Å². The summed E-state index contributed by atoms with van der Waals surface area (Å²) in [4.78, 5) is 68.2. The Morgan fingerprint density at radius 1 is 1.00 bits per heavy atom. The highest BCUT2D eigenvalue weighted by atomic mass is 32.2. The van der Waals surface area contributed by atoms with Gasteiger partial charge in [0.15, 0.2) is 6.61 Å². The minimum absolute atomic E-state index is 0.0128. The highest BCUT2D eigenvalue weighted by Gasteiger charge is 2.69. The van der Waals surface area contributed by atoms with Gasteiger partial charge < -0.3 is 15.0 Å². The maximum Gasteiger partial charge on any atom is 0.416 e. The summed E-state index contributed by atoms with van der Waals surface area (Å²) in [5, 5.41) is 14.3. The molecule has 4 unspecified atom stereocenters. The van der Waals surface area contributed by atoms with Crippen LogP contribution in [0.4, 0.5) is 30.2 Å². The lowest BCUT2D eigenvalue weighted by atomic mass is 9.68. The highest BCUT2D eigenvalue weighted by Crippen LogP contribution is 2.68. The number of carbonyl (C=O) groups is 3. The molecule has 50 heavy (non-hydrogen) atoms. The molecule has 0 radical (unpaired) electrons. The Bertz CT molecular complexity index is 2120. The number of rotatable bonds is 7. The number of anilines is 2. The van der Waals surface area contributed by atoms with E-state index in [0.29, 0.717) is 17.9 Å². The first-order valence-electron chi connectivity index (χ1n) is 15.6. The summed E-state index contributed by atoms with van der Waals surface area (Å²) in [7, 11) is 0. The van der Waals surface area contributed by atoms with Crippen LogP contribution in [0.3, 0.4) is 0 Å². The van der Waals surface area contributed by atoms with Gasteiger partial charge in [-0.15, -0.1) is 11.8 Å². The number of hydrogen-bond acceptors (Lipinski definition) is 9. The van der Waals surface area contributed by atoms with Gasteiger partial charge in [-0.3, -0.25) is 34.2 Å². The van der Waals surface area contributed by atoms with Crippen LogP contribution in [-0.4, -0.2) is 39.5 Å². The molecular weight excluding hydrogens is 698 g/mol. The van der Waals surface area contributed by atoms with Gasteiger partial charge in [0.25, 0.3) is 11.6 Å². The molecule has 3 fully saturated rings. The number of carbonyl (C=O) groups excluding carboxylic acids is 3. The molecule has 2 aliphatic carbocycles. The van der Waals surface area contributed by atoms with Gasteiger partial charge in [0.2, 0.25) is 11.8 Å². The molecule has 4 aromatic rings. The molecule has 1 aromatic heterocycles. The highest BCUT2D eigenvalue weighted by molar-refractivity contribution is 8.00. The van der Waals surface area contributed by atoms with Crippen LogP contribution in [0.2, 0.25) is 0 Å². The van der Waals surface area contributed by atoms with Crippen molar-refractivity contribution >= 4 is 57.9 Å². The Morgan fingerprint density at radius 2 is 1.70 bits per heavy atom. The van der Waals surface area contributed by atoms with Crippen molar-refractivity contribution in [1.82, 2.24) is 4.98 Å². The summed E-state index contributed by atoms with van der Waals surface area (Å²) in [6.45, 7) is -0.446. The van der Waals surface area contributed by atoms with E-state index in [0.717, 1.165) is 38.9 Å². The summed E-state index contributed by atoms with van der Waals surface area (Å²) in [6, 6.07) is 16.7. The molecule has 1 saturated heterocycles. The molecule has 7 atom stereocenters. The number of nitro benzene ring substituents is 1. The smallest absolute Gasteiger partial charge is 0.416 e. The van der Waals surface area contributed by atoms with Gasteiger partial charge in [-0.2, -0.15) is 13.2 Å². The number of alkyl halides is 3. The molecule has 256 valence electrons. The molecule has 2 saturated carbocycles. The van der Waals surface area contributed by atoms with Gasteiger partial charge in [0, 0.05) is 33.9 Å². The third-order valence-electron chi connectivity index (χ3n) is 10.1. The Labute approximate surface area is 289 Å². The SMILES string of the molecule is O=C(COc1ccc([C@H]2c3sc(=O)[nH]c3SC3C2[C@H]2C[C@@H]3C3C(=O)N(c4ccc([N+](=O)[O-])cc4)C(=O)C32)cc1)Nc1cccc(C(F)(F)F)c1. The van der Waals surface area contributed by atoms with E-state index in [2.05, 4.69) is 10.3 Å². The van der Waals surface area contributed by atoms with E-state index in [-0.39, 0.29) is 57.0 Å².